The van der Waals surface area contributed by atoms with Crippen LogP contribution in [0.25, 0.3) is 11.3 Å². The Hall–Kier alpha value is -3.09. The number of nitrogens with one attached hydrogen (secondary N) is 1. The van der Waals surface area contributed by atoms with Crippen LogP contribution in [-0.2, 0) is 32.1 Å². The Kier molecular flexibility index (Phi) is 9.31. The maximum atomic E-state index is 12.9. The average molecular weight is 484 g/mol. The van der Waals surface area contributed by atoms with Crippen molar-refractivity contribution in [3.63, 3.8) is 0 Å². The minimum Gasteiger partial charge on any atom is -0.468 e. The highest BCUT2D eigenvalue weighted by Crippen LogP contribution is 2.24. The summed E-state index contributed by atoms with van der Waals surface area (Å²) in [5.41, 5.74) is 1.77. The third-order valence-electron chi connectivity index (χ3n) is 5.30. The second kappa shape index (κ2) is 12.4. The molecular formula is C27H30ClNO5. The molecule has 1 unspecified atom stereocenters. The lowest BCUT2D eigenvalue weighted by atomic mass is 10.0. The number of carbonyl (C=O) groups excluding carboxylic acids is 2. The van der Waals surface area contributed by atoms with Gasteiger partial charge in [-0.25, -0.2) is 0 Å². The van der Waals surface area contributed by atoms with E-state index in [2.05, 4.69) is 5.32 Å². The average Bonchev–Trinajstić information content (AvgIpc) is 3.30. The maximum Gasteiger partial charge on any atom is 0.323 e. The number of ether oxygens (including phenoxy) is 2. The molecule has 0 saturated carbocycles. The molecule has 0 bridgehead atoms. The van der Waals surface area contributed by atoms with E-state index >= 15 is 0 Å². The molecule has 0 aliphatic heterocycles. The Labute approximate surface area is 205 Å². The predicted octanol–water partition coefficient (Wildman–Crippen LogP) is 5.43. The highest BCUT2D eigenvalue weighted by molar-refractivity contribution is 6.30. The molecule has 1 heterocycles. The zero-order chi connectivity index (χ0) is 24.5. The molecule has 6 nitrogen and oxygen atoms in total. The number of furan rings is 1. The standard InChI is InChI=1S/C27H30ClNO5/c1-18(2)15-23(27(31)33-17-19-7-5-4-6-8-19)29-24(26(30)32-3)16-22-13-14-25(34-22)20-9-11-21(28)12-10-20/h4-14,18,23-24,29H,15-17H2,1-3H3/t23?,24-/m0/s1. The summed E-state index contributed by atoms with van der Waals surface area (Å²) in [5, 5.41) is 3.79. The zero-order valence-electron chi connectivity index (χ0n) is 19.6. The normalized spacial score (nSPS) is 12.9. The third-order valence-corrected chi connectivity index (χ3v) is 5.55. The molecule has 2 atom stereocenters. The lowest BCUT2D eigenvalue weighted by Gasteiger charge is -2.24. The van der Waals surface area contributed by atoms with E-state index in [4.69, 9.17) is 25.5 Å². The topological polar surface area (TPSA) is 77.8 Å². The van der Waals surface area contributed by atoms with Crippen LogP contribution < -0.4 is 5.32 Å². The molecule has 7 heteroatoms. The highest BCUT2D eigenvalue weighted by atomic mass is 35.5. The van der Waals surface area contributed by atoms with Gasteiger partial charge in [0.25, 0.3) is 0 Å². The van der Waals surface area contributed by atoms with Crippen LogP contribution >= 0.6 is 11.6 Å². The number of benzene rings is 2. The van der Waals surface area contributed by atoms with Crippen LogP contribution in [0.2, 0.25) is 5.02 Å². The van der Waals surface area contributed by atoms with E-state index in [9.17, 15) is 9.59 Å². The highest BCUT2D eigenvalue weighted by Gasteiger charge is 2.30. The monoisotopic (exact) mass is 483 g/mol. The summed E-state index contributed by atoms with van der Waals surface area (Å²) in [4.78, 5) is 25.5. The molecule has 1 aromatic heterocycles. The van der Waals surface area contributed by atoms with Crippen molar-refractivity contribution in [3.8, 4) is 11.3 Å². The Morgan fingerprint density at radius 2 is 1.65 bits per heavy atom. The Morgan fingerprint density at radius 3 is 2.29 bits per heavy atom. The number of carbonyl (C=O) groups is 2. The van der Waals surface area contributed by atoms with Gasteiger partial charge in [0.2, 0.25) is 0 Å². The predicted molar refractivity (Wildman–Crippen MR) is 131 cm³/mol. The fraction of sp³-hybridized carbons (Fsp3) is 0.333. The van der Waals surface area contributed by atoms with Crippen molar-refractivity contribution in [2.45, 2.75) is 45.4 Å². The van der Waals surface area contributed by atoms with E-state index in [1.807, 2.05) is 68.4 Å². The van der Waals surface area contributed by atoms with Crippen molar-refractivity contribution in [2.75, 3.05) is 7.11 Å². The van der Waals surface area contributed by atoms with Crippen LogP contribution in [0, 0.1) is 5.92 Å². The van der Waals surface area contributed by atoms with Gasteiger partial charge in [-0.15, -0.1) is 0 Å². The molecule has 2 aromatic carbocycles. The van der Waals surface area contributed by atoms with Crippen molar-refractivity contribution in [2.24, 2.45) is 5.92 Å². The zero-order valence-corrected chi connectivity index (χ0v) is 20.4. The first-order valence-electron chi connectivity index (χ1n) is 11.2. The summed E-state index contributed by atoms with van der Waals surface area (Å²) in [7, 11) is 1.32. The van der Waals surface area contributed by atoms with Gasteiger partial charge in [-0.2, -0.15) is 0 Å². The van der Waals surface area contributed by atoms with Gasteiger partial charge in [0.05, 0.1) is 7.11 Å². The second-order valence-electron chi connectivity index (χ2n) is 8.49. The molecule has 0 fully saturated rings. The van der Waals surface area contributed by atoms with Gasteiger partial charge in [-0.3, -0.25) is 14.9 Å². The summed E-state index contributed by atoms with van der Waals surface area (Å²) in [5.74, 6) is 0.576. The van der Waals surface area contributed by atoms with E-state index in [1.54, 1.807) is 12.1 Å². The lowest BCUT2D eigenvalue weighted by molar-refractivity contribution is -0.149. The summed E-state index contributed by atoms with van der Waals surface area (Å²) in [6.07, 6.45) is 0.732. The van der Waals surface area contributed by atoms with Crippen molar-refractivity contribution in [3.05, 3.63) is 83.1 Å². The molecule has 0 aliphatic carbocycles. The van der Waals surface area contributed by atoms with Gasteiger partial charge < -0.3 is 13.9 Å². The van der Waals surface area contributed by atoms with E-state index in [0.29, 0.717) is 23.0 Å². The molecule has 1 N–H and O–H groups in total. The molecule has 34 heavy (non-hydrogen) atoms. The lowest BCUT2D eigenvalue weighted by Crippen LogP contribution is -2.49. The molecule has 0 radical (unpaired) electrons. The van der Waals surface area contributed by atoms with Crippen LogP contribution in [0.3, 0.4) is 0 Å². The molecule has 0 saturated heterocycles. The molecule has 3 rings (SSSR count). The third kappa shape index (κ3) is 7.47. The van der Waals surface area contributed by atoms with E-state index in [-0.39, 0.29) is 18.9 Å². The van der Waals surface area contributed by atoms with E-state index in [0.717, 1.165) is 11.1 Å². The first kappa shape index (κ1) is 25.5. The second-order valence-corrected chi connectivity index (χ2v) is 8.93. The van der Waals surface area contributed by atoms with Gasteiger partial charge in [0, 0.05) is 17.0 Å². The van der Waals surface area contributed by atoms with Gasteiger partial charge in [-0.1, -0.05) is 55.8 Å². The van der Waals surface area contributed by atoms with Crippen LogP contribution in [0.1, 0.15) is 31.6 Å². The fourth-order valence-corrected chi connectivity index (χ4v) is 3.71. The number of esters is 2. The Bertz CT molecular complexity index is 1060. The number of methoxy groups -OCH3 is 1. The summed E-state index contributed by atoms with van der Waals surface area (Å²) in [6, 6.07) is 19.0. The van der Waals surface area contributed by atoms with Crippen molar-refractivity contribution < 1.29 is 23.5 Å². The summed E-state index contributed by atoms with van der Waals surface area (Å²) < 4.78 is 16.5. The first-order chi connectivity index (χ1) is 16.4. The largest absolute Gasteiger partial charge is 0.468 e. The minimum atomic E-state index is -0.776. The molecule has 0 spiro atoms. The molecule has 0 amide bonds. The minimum absolute atomic E-state index is 0.168. The molecule has 180 valence electrons. The smallest absolute Gasteiger partial charge is 0.323 e. The number of hydrogen-bond donors (Lipinski definition) is 1. The Morgan fingerprint density at radius 1 is 0.941 bits per heavy atom. The van der Waals surface area contributed by atoms with Gasteiger partial charge in [-0.05, 0) is 54.3 Å². The van der Waals surface area contributed by atoms with Crippen molar-refractivity contribution >= 4 is 23.5 Å². The number of halogens is 1. The summed E-state index contributed by atoms with van der Waals surface area (Å²) >= 11 is 5.96. The Balaban J connectivity index is 1.71. The number of rotatable bonds is 11. The van der Waals surface area contributed by atoms with Crippen LogP contribution in [-0.4, -0.2) is 31.1 Å². The quantitative estimate of drug-likeness (QED) is 0.366. The van der Waals surface area contributed by atoms with Gasteiger partial charge in [0.1, 0.15) is 30.2 Å². The van der Waals surface area contributed by atoms with Gasteiger partial charge >= 0.3 is 11.9 Å². The van der Waals surface area contributed by atoms with Crippen molar-refractivity contribution in [1.29, 1.82) is 0 Å². The molecule has 0 aliphatic rings. The first-order valence-corrected chi connectivity index (χ1v) is 11.6. The number of hydrogen-bond acceptors (Lipinski definition) is 6. The van der Waals surface area contributed by atoms with Gasteiger partial charge in [0.15, 0.2) is 0 Å². The van der Waals surface area contributed by atoms with Crippen LogP contribution in [0.15, 0.2) is 71.1 Å². The van der Waals surface area contributed by atoms with Crippen molar-refractivity contribution in [1.82, 2.24) is 5.32 Å². The molecule has 3 aromatic rings. The van der Waals surface area contributed by atoms with Crippen LogP contribution in [0.4, 0.5) is 0 Å². The maximum absolute atomic E-state index is 12.9. The summed E-state index contributed by atoms with van der Waals surface area (Å²) in [6.45, 7) is 4.19. The SMILES string of the molecule is COC(=O)[C@H](Cc1ccc(-c2ccc(Cl)cc2)o1)NC(CC(C)C)C(=O)OCc1ccccc1. The van der Waals surface area contributed by atoms with E-state index in [1.165, 1.54) is 7.11 Å². The van der Waals surface area contributed by atoms with E-state index < -0.39 is 24.0 Å². The molecular weight excluding hydrogens is 454 g/mol. The van der Waals surface area contributed by atoms with Crippen LogP contribution in [0.5, 0.6) is 0 Å². The fourth-order valence-electron chi connectivity index (χ4n) is 3.59.